The first-order valence-corrected chi connectivity index (χ1v) is 11.3. The van der Waals surface area contributed by atoms with Gasteiger partial charge in [-0.3, -0.25) is 4.68 Å². The molecule has 5 rings (SSSR count). The number of fused-ring (bicyclic) bond motifs is 1. The predicted octanol–water partition coefficient (Wildman–Crippen LogP) is 4.47. The van der Waals surface area contributed by atoms with Crippen LogP contribution in [0.3, 0.4) is 0 Å². The summed E-state index contributed by atoms with van der Waals surface area (Å²) in [5.41, 5.74) is 5.01. The number of carbonyl (C=O) groups excluding carboxylic acids is 1. The van der Waals surface area contributed by atoms with Crippen molar-refractivity contribution >= 4 is 17.0 Å². The molecule has 0 spiro atoms. The topological polar surface area (TPSA) is 97.0 Å². The van der Waals surface area contributed by atoms with Crippen LogP contribution in [0.5, 0.6) is 5.88 Å². The van der Waals surface area contributed by atoms with Crippen molar-refractivity contribution in [2.75, 3.05) is 13.7 Å². The summed E-state index contributed by atoms with van der Waals surface area (Å²) in [5, 5.41) is 8.79. The first-order valence-electron chi connectivity index (χ1n) is 11.3. The molecule has 0 aliphatic rings. The van der Waals surface area contributed by atoms with Gasteiger partial charge in [0.1, 0.15) is 11.0 Å². The SMILES string of the molecule is CCOC(=O)c1cnn(-c2nc(OC)c3c(cnn3[C@@H](C)c3ccc(-c4ccccc4)cc3)n2)c1. The molecule has 35 heavy (non-hydrogen) atoms. The number of benzene rings is 2. The molecular formula is C26H24N6O3. The molecular weight excluding hydrogens is 444 g/mol. The van der Waals surface area contributed by atoms with E-state index >= 15 is 0 Å². The van der Waals surface area contributed by atoms with Gasteiger partial charge >= 0.3 is 5.97 Å². The van der Waals surface area contributed by atoms with E-state index in [2.05, 4.69) is 63.5 Å². The molecule has 5 aromatic rings. The van der Waals surface area contributed by atoms with Crippen LogP contribution in [0.2, 0.25) is 0 Å². The number of ether oxygens (including phenoxy) is 2. The Bertz CT molecular complexity index is 1470. The first-order chi connectivity index (χ1) is 17.1. The van der Waals surface area contributed by atoms with Crippen molar-refractivity contribution in [2.24, 2.45) is 0 Å². The quantitative estimate of drug-likeness (QED) is 0.325. The normalized spacial score (nSPS) is 12.0. The summed E-state index contributed by atoms with van der Waals surface area (Å²) in [6.07, 6.45) is 4.62. The molecule has 9 heteroatoms. The van der Waals surface area contributed by atoms with Gasteiger partial charge in [-0.15, -0.1) is 0 Å². The molecule has 0 saturated heterocycles. The Morgan fingerprint density at radius 2 is 1.71 bits per heavy atom. The molecule has 0 bridgehead atoms. The lowest BCUT2D eigenvalue weighted by Gasteiger charge is -2.16. The van der Waals surface area contributed by atoms with Crippen molar-refractivity contribution in [3.05, 3.63) is 84.3 Å². The van der Waals surface area contributed by atoms with Crippen molar-refractivity contribution in [1.29, 1.82) is 0 Å². The van der Waals surface area contributed by atoms with E-state index in [1.165, 1.54) is 22.6 Å². The molecule has 3 aromatic heterocycles. The van der Waals surface area contributed by atoms with Gasteiger partial charge in [-0.1, -0.05) is 54.6 Å². The summed E-state index contributed by atoms with van der Waals surface area (Å²) >= 11 is 0. The molecule has 0 fully saturated rings. The Balaban J connectivity index is 1.47. The highest BCUT2D eigenvalue weighted by Gasteiger charge is 2.20. The number of rotatable bonds is 7. The van der Waals surface area contributed by atoms with Crippen LogP contribution >= 0.6 is 0 Å². The van der Waals surface area contributed by atoms with E-state index in [1.54, 1.807) is 20.2 Å². The fraction of sp³-hybridized carbons (Fsp3) is 0.192. The summed E-state index contributed by atoms with van der Waals surface area (Å²) in [6.45, 7) is 4.10. The van der Waals surface area contributed by atoms with Crippen LogP contribution < -0.4 is 4.74 Å². The second-order valence-corrected chi connectivity index (χ2v) is 7.91. The maximum Gasteiger partial charge on any atom is 0.341 e. The van der Waals surface area contributed by atoms with Gasteiger partial charge in [0.25, 0.3) is 5.95 Å². The van der Waals surface area contributed by atoms with Crippen LogP contribution in [-0.4, -0.2) is 49.2 Å². The number of nitrogens with zero attached hydrogens (tertiary/aromatic N) is 6. The predicted molar refractivity (Wildman–Crippen MR) is 131 cm³/mol. The zero-order valence-corrected chi connectivity index (χ0v) is 19.6. The molecule has 1 atom stereocenters. The summed E-state index contributed by atoms with van der Waals surface area (Å²) in [7, 11) is 1.55. The van der Waals surface area contributed by atoms with Gasteiger partial charge in [-0.25, -0.2) is 14.5 Å². The Morgan fingerprint density at radius 1 is 0.971 bits per heavy atom. The number of carbonyl (C=O) groups is 1. The monoisotopic (exact) mass is 468 g/mol. The van der Waals surface area contributed by atoms with Crippen LogP contribution in [0.15, 0.2) is 73.2 Å². The van der Waals surface area contributed by atoms with Crippen molar-refractivity contribution < 1.29 is 14.3 Å². The van der Waals surface area contributed by atoms with Gasteiger partial charge in [0.05, 0.1) is 37.7 Å². The lowest BCUT2D eigenvalue weighted by Crippen LogP contribution is -2.11. The largest absolute Gasteiger partial charge is 0.479 e. The lowest BCUT2D eigenvalue weighted by molar-refractivity contribution is 0.0526. The molecule has 0 saturated carbocycles. The average Bonchev–Trinajstić information content (AvgIpc) is 3.56. The van der Waals surface area contributed by atoms with Gasteiger partial charge in [0.2, 0.25) is 5.88 Å². The van der Waals surface area contributed by atoms with Gasteiger partial charge < -0.3 is 9.47 Å². The van der Waals surface area contributed by atoms with Gasteiger partial charge in [0.15, 0.2) is 0 Å². The second kappa shape index (κ2) is 9.38. The van der Waals surface area contributed by atoms with E-state index in [4.69, 9.17) is 9.47 Å². The third kappa shape index (κ3) is 4.23. The molecule has 2 aromatic carbocycles. The van der Waals surface area contributed by atoms with Crippen molar-refractivity contribution in [2.45, 2.75) is 19.9 Å². The Morgan fingerprint density at radius 3 is 2.43 bits per heavy atom. The smallest absolute Gasteiger partial charge is 0.341 e. The van der Waals surface area contributed by atoms with Gasteiger partial charge in [-0.05, 0) is 30.5 Å². The molecule has 0 aliphatic heterocycles. The summed E-state index contributed by atoms with van der Waals surface area (Å²) in [6, 6.07) is 18.6. The van der Waals surface area contributed by atoms with Crippen LogP contribution in [0.25, 0.3) is 28.1 Å². The zero-order chi connectivity index (χ0) is 24.4. The first kappa shape index (κ1) is 22.3. The zero-order valence-electron chi connectivity index (χ0n) is 19.6. The van der Waals surface area contributed by atoms with Crippen LogP contribution in [0, 0.1) is 0 Å². The maximum atomic E-state index is 12.0. The van der Waals surface area contributed by atoms with E-state index < -0.39 is 5.97 Å². The molecule has 0 radical (unpaired) electrons. The minimum Gasteiger partial charge on any atom is -0.479 e. The molecule has 0 amide bonds. The highest BCUT2D eigenvalue weighted by molar-refractivity contribution is 5.88. The van der Waals surface area contributed by atoms with E-state index in [9.17, 15) is 4.79 Å². The Hall–Kier alpha value is -4.53. The third-order valence-corrected chi connectivity index (χ3v) is 5.76. The number of hydrogen-bond donors (Lipinski definition) is 0. The summed E-state index contributed by atoms with van der Waals surface area (Å²) in [4.78, 5) is 21.1. The minimum atomic E-state index is -0.452. The number of hydrogen-bond acceptors (Lipinski definition) is 7. The summed E-state index contributed by atoms with van der Waals surface area (Å²) in [5.74, 6) is 0.180. The van der Waals surface area contributed by atoms with E-state index in [0.29, 0.717) is 22.5 Å². The maximum absolute atomic E-state index is 12.0. The fourth-order valence-electron chi connectivity index (χ4n) is 3.94. The number of esters is 1. The van der Waals surface area contributed by atoms with Gasteiger partial charge in [-0.2, -0.15) is 15.2 Å². The summed E-state index contributed by atoms with van der Waals surface area (Å²) < 4.78 is 13.9. The van der Waals surface area contributed by atoms with E-state index in [-0.39, 0.29) is 18.6 Å². The highest BCUT2D eigenvalue weighted by Crippen LogP contribution is 2.29. The number of methoxy groups -OCH3 is 1. The average molecular weight is 469 g/mol. The van der Waals surface area contributed by atoms with Gasteiger partial charge in [0, 0.05) is 6.20 Å². The van der Waals surface area contributed by atoms with Crippen molar-refractivity contribution in [3.63, 3.8) is 0 Å². The van der Waals surface area contributed by atoms with E-state index in [1.807, 2.05) is 22.9 Å². The number of aromatic nitrogens is 6. The second-order valence-electron chi connectivity index (χ2n) is 7.91. The van der Waals surface area contributed by atoms with Crippen LogP contribution in [0.4, 0.5) is 0 Å². The van der Waals surface area contributed by atoms with Crippen LogP contribution in [0.1, 0.15) is 35.8 Å². The minimum absolute atomic E-state index is 0.0826. The Labute approximate surface area is 202 Å². The van der Waals surface area contributed by atoms with Crippen molar-refractivity contribution in [3.8, 4) is 23.0 Å². The van der Waals surface area contributed by atoms with E-state index in [0.717, 1.165) is 11.1 Å². The molecule has 0 unspecified atom stereocenters. The van der Waals surface area contributed by atoms with Crippen molar-refractivity contribution in [1.82, 2.24) is 29.5 Å². The molecule has 0 N–H and O–H groups in total. The standard InChI is InChI=1S/C26H24N6O3/c1-4-35-25(33)21-14-27-31(16-21)26-29-22-15-28-32(23(22)24(30-26)34-3)17(2)18-10-12-20(13-11-18)19-8-6-5-7-9-19/h5-17H,4H2,1-3H3/t17-/m0/s1. The third-order valence-electron chi connectivity index (χ3n) is 5.76. The van der Waals surface area contributed by atoms with Crippen LogP contribution in [-0.2, 0) is 4.74 Å². The molecule has 9 nitrogen and oxygen atoms in total. The molecule has 0 aliphatic carbocycles. The molecule has 3 heterocycles. The molecule has 176 valence electrons. The fourth-order valence-corrected chi connectivity index (χ4v) is 3.94. The lowest BCUT2D eigenvalue weighted by atomic mass is 10.0. The Kier molecular flexibility index (Phi) is 5.97. The highest BCUT2D eigenvalue weighted by atomic mass is 16.5.